The van der Waals surface area contributed by atoms with Crippen molar-refractivity contribution in [1.29, 1.82) is 0 Å². The zero-order valence-electron chi connectivity index (χ0n) is 14.3. The molecule has 2 aliphatic rings. The second-order valence-electron chi connectivity index (χ2n) is 7.75. The predicted molar refractivity (Wildman–Crippen MR) is 88.6 cm³/mol. The predicted octanol–water partition coefficient (Wildman–Crippen LogP) is 3.37. The van der Waals surface area contributed by atoms with E-state index >= 15 is 0 Å². The van der Waals surface area contributed by atoms with Crippen LogP contribution in [0.15, 0.2) is 12.3 Å². The normalized spacial score (nSPS) is 33.7. The molecule has 0 bridgehead atoms. The van der Waals surface area contributed by atoms with Crippen LogP contribution in [0.3, 0.4) is 0 Å². The first kappa shape index (κ1) is 16.0. The molecule has 3 atom stereocenters. The average molecular weight is 305 g/mol. The second kappa shape index (κ2) is 6.32. The van der Waals surface area contributed by atoms with Gasteiger partial charge in [0.25, 0.3) is 0 Å². The Hall–Kier alpha value is -0.870. The Morgan fingerprint density at radius 1 is 1.32 bits per heavy atom. The van der Waals surface area contributed by atoms with Crippen LogP contribution in [0.5, 0.6) is 0 Å². The summed E-state index contributed by atoms with van der Waals surface area (Å²) in [6.07, 6.45) is 9.00. The third kappa shape index (κ3) is 3.09. The van der Waals surface area contributed by atoms with Crippen molar-refractivity contribution in [1.82, 2.24) is 14.7 Å². The lowest BCUT2D eigenvalue weighted by Crippen LogP contribution is -2.48. The minimum absolute atomic E-state index is 0.406. The van der Waals surface area contributed by atoms with E-state index in [1.807, 2.05) is 6.20 Å². The molecular formula is C18H31N3O. The molecule has 0 radical (unpaired) electrons. The van der Waals surface area contributed by atoms with Crippen molar-refractivity contribution in [2.75, 3.05) is 6.54 Å². The van der Waals surface area contributed by atoms with Gasteiger partial charge in [-0.1, -0.05) is 12.8 Å². The van der Waals surface area contributed by atoms with E-state index in [2.05, 4.69) is 41.5 Å². The minimum atomic E-state index is -0.482. The number of hydrogen-bond donors (Lipinski definition) is 1. The van der Waals surface area contributed by atoms with Crippen molar-refractivity contribution < 1.29 is 5.11 Å². The van der Waals surface area contributed by atoms with Gasteiger partial charge in [0.15, 0.2) is 0 Å². The summed E-state index contributed by atoms with van der Waals surface area (Å²) in [5.74, 6) is 0.430. The standard InChI is InChI=1S/C18H31N3O/c1-14(2)21-15(9-11-19-21)13-20-12-6-8-17(20)16-7-4-5-10-18(16,3)22/h9,11,14,16-17,22H,4-8,10,12-13H2,1-3H3. The van der Waals surface area contributed by atoms with Gasteiger partial charge in [0, 0.05) is 30.7 Å². The Kier molecular flexibility index (Phi) is 4.60. The Morgan fingerprint density at radius 2 is 2.14 bits per heavy atom. The maximum absolute atomic E-state index is 10.8. The van der Waals surface area contributed by atoms with E-state index in [-0.39, 0.29) is 0 Å². The summed E-state index contributed by atoms with van der Waals surface area (Å²) in [6, 6.07) is 3.09. The van der Waals surface area contributed by atoms with Crippen molar-refractivity contribution in [3.8, 4) is 0 Å². The summed E-state index contributed by atoms with van der Waals surface area (Å²) in [7, 11) is 0. The van der Waals surface area contributed by atoms with E-state index < -0.39 is 5.60 Å². The SMILES string of the molecule is CC(C)n1nccc1CN1CCCC1C1CCCCC1(C)O. The zero-order valence-corrected chi connectivity index (χ0v) is 14.3. The van der Waals surface area contributed by atoms with E-state index in [1.165, 1.54) is 37.8 Å². The smallest absolute Gasteiger partial charge is 0.0662 e. The first-order valence-electron chi connectivity index (χ1n) is 8.98. The molecule has 1 N–H and O–H groups in total. The number of hydrogen-bond acceptors (Lipinski definition) is 3. The van der Waals surface area contributed by atoms with Gasteiger partial charge in [-0.25, -0.2) is 0 Å². The van der Waals surface area contributed by atoms with Crippen LogP contribution in [0, 0.1) is 5.92 Å². The molecule has 1 aliphatic heterocycles. The number of aromatic nitrogens is 2. The fourth-order valence-electron chi connectivity index (χ4n) is 4.59. The average Bonchev–Trinajstić information content (AvgIpc) is 3.08. The van der Waals surface area contributed by atoms with Gasteiger partial charge in [0.05, 0.1) is 11.3 Å². The van der Waals surface area contributed by atoms with Crippen molar-refractivity contribution >= 4 is 0 Å². The van der Waals surface area contributed by atoms with Crippen molar-refractivity contribution in [2.45, 2.75) is 83.5 Å². The molecule has 0 aromatic carbocycles. The van der Waals surface area contributed by atoms with E-state index in [0.717, 1.165) is 19.5 Å². The van der Waals surface area contributed by atoms with Crippen molar-refractivity contribution in [3.05, 3.63) is 18.0 Å². The Morgan fingerprint density at radius 3 is 2.86 bits per heavy atom. The molecule has 1 aromatic heterocycles. The molecule has 3 rings (SSSR count). The van der Waals surface area contributed by atoms with Crippen LogP contribution < -0.4 is 0 Å². The molecule has 1 aromatic rings. The first-order chi connectivity index (χ1) is 10.5. The maximum Gasteiger partial charge on any atom is 0.0662 e. The highest BCUT2D eigenvalue weighted by Crippen LogP contribution is 2.41. The lowest BCUT2D eigenvalue weighted by atomic mass is 9.72. The minimum Gasteiger partial charge on any atom is -0.390 e. The second-order valence-corrected chi connectivity index (χ2v) is 7.75. The summed E-state index contributed by atoms with van der Waals surface area (Å²) < 4.78 is 2.13. The number of aliphatic hydroxyl groups is 1. The summed E-state index contributed by atoms with van der Waals surface area (Å²) in [5, 5.41) is 15.3. The van der Waals surface area contributed by atoms with Crippen LogP contribution >= 0.6 is 0 Å². The summed E-state index contributed by atoms with van der Waals surface area (Å²) in [5.41, 5.74) is 0.821. The monoisotopic (exact) mass is 305 g/mol. The lowest BCUT2D eigenvalue weighted by Gasteiger charge is -2.43. The van der Waals surface area contributed by atoms with Gasteiger partial charge in [0.1, 0.15) is 0 Å². The molecule has 4 nitrogen and oxygen atoms in total. The number of nitrogens with zero attached hydrogens (tertiary/aromatic N) is 3. The molecule has 2 fully saturated rings. The molecule has 3 unspecified atom stereocenters. The first-order valence-corrected chi connectivity index (χ1v) is 8.98. The van der Waals surface area contributed by atoms with Gasteiger partial charge in [-0.2, -0.15) is 5.10 Å². The van der Waals surface area contributed by atoms with E-state index in [9.17, 15) is 5.11 Å². The third-order valence-electron chi connectivity index (χ3n) is 5.73. The highest BCUT2D eigenvalue weighted by molar-refractivity contribution is 5.04. The Labute approximate surface area is 134 Å². The van der Waals surface area contributed by atoms with Crippen LogP contribution in [0.2, 0.25) is 0 Å². The molecule has 1 saturated carbocycles. The van der Waals surface area contributed by atoms with E-state index in [4.69, 9.17) is 0 Å². The van der Waals surface area contributed by atoms with Gasteiger partial charge < -0.3 is 5.11 Å². The van der Waals surface area contributed by atoms with Crippen LogP contribution in [0.25, 0.3) is 0 Å². The largest absolute Gasteiger partial charge is 0.390 e. The van der Waals surface area contributed by atoms with Crippen molar-refractivity contribution in [2.24, 2.45) is 5.92 Å². The summed E-state index contributed by atoms with van der Waals surface area (Å²) in [6.45, 7) is 8.55. The third-order valence-corrected chi connectivity index (χ3v) is 5.73. The highest BCUT2D eigenvalue weighted by Gasteiger charge is 2.43. The number of likely N-dealkylation sites (tertiary alicyclic amines) is 1. The Bertz CT molecular complexity index is 494. The highest BCUT2D eigenvalue weighted by atomic mass is 16.3. The van der Waals surface area contributed by atoms with Crippen LogP contribution in [-0.4, -0.2) is 38.0 Å². The molecule has 124 valence electrons. The maximum atomic E-state index is 10.8. The van der Waals surface area contributed by atoms with Gasteiger partial charge in [0.2, 0.25) is 0 Å². The molecule has 2 heterocycles. The molecule has 0 spiro atoms. The van der Waals surface area contributed by atoms with E-state index in [1.54, 1.807) is 0 Å². The molecule has 0 amide bonds. The quantitative estimate of drug-likeness (QED) is 0.927. The zero-order chi connectivity index (χ0) is 15.7. The van der Waals surface area contributed by atoms with E-state index in [0.29, 0.717) is 18.0 Å². The molecule has 4 heteroatoms. The molecular weight excluding hydrogens is 274 g/mol. The summed E-state index contributed by atoms with van der Waals surface area (Å²) in [4.78, 5) is 2.60. The molecule has 1 aliphatic carbocycles. The number of rotatable bonds is 4. The van der Waals surface area contributed by atoms with Gasteiger partial charge in [-0.15, -0.1) is 0 Å². The molecule has 1 saturated heterocycles. The fraction of sp³-hybridized carbons (Fsp3) is 0.833. The topological polar surface area (TPSA) is 41.3 Å². The molecule has 22 heavy (non-hydrogen) atoms. The van der Waals surface area contributed by atoms with Crippen molar-refractivity contribution in [3.63, 3.8) is 0 Å². The fourth-order valence-corrected chi connectivity index (χ4v) is 4.59. The van der Waals surface area contributed by atoms with Gasteiger partial charge in [-0.05, 0) is 59.1 Å². The van der Waals surface area contributed by atoms with Crippen LogP contribution in [-0.2, 0) is 6.54 Å². The lowest BCUT2D eigenvalue weighted by molar-refractivity contribution is -0.0631. The van der Waals surface area contributed by atoms with Crippen LogP contribution in [0.4, 0.5) is 0 Å². The van der Waals surface area contributed by atoms with Gasteiger partial charge in [-0.3, -0.25) is 9.58 Å². The van der Waals surface area contributed by atoms with Gasteiger partial charge >= 0.3 is 0 Å². The van der Waals surface area contributed by atoms with Crippen LogP contribution in [0.1, 0.15) is 71.0 Å². The summed E-state index contributed by atoms with van der Waals surface area (Å²) >= 11 is 0. The Balaban J connectivity index is 1.74.